The summed E-state index contributed by atoms with van der Waals surface area (Å²) in [6.45, 7) is 6.27. The maximum absolute atomic E-state index is 12.9. The largest absolute Gasteiger partial charge is 0.274 e. The van der Waals surface area contributed by atoms with Crippen molar-refractivity contribution in [3.8, 4) is 0 Å². The minimum absolute atomic E-state index is 0.124. The van der Waals surface area contributed by atoms with Gasteiger partial charge in [-0.3, -0.25) is 9.59 Å². The lowest BCUT2D eigenvalue weighted by atomic mass is 9.85. The van der Waals surface area contributed by atoms with Crippen molar-refractivity contribution in [3.63, 3.8) is 0 Å². The fourth-order valence-electron chi connectivity index (χ4n) is 3.13. The molecule has 0 aliphatic carbocycles. The monoisotopic (exact) mass is 307 g/mol. The van der Waals surface area contributed by atoms with E-state index in [1.165, 1.54) is 4.90 Å². The fourth-order valence-corrected chi connectivity index (χ4v) is 3.13. The summed E-state index contributed by atoms with van der Waals surface area (Å²) in [7, 11) is 0. The molecular weight excluding hydrogens is 286 g/mol. The molecule has 1 heterocycles. The van der Waals surface area contributed by atoms with Crippen LogP contribution in [0.5, 0.6) is 0 Å². The van der Waals surface area contributed by atoms with Crippen LogP contribution in [0.4, 0.5) is 5.69 Å². The van der Waals surface area contributed by atoms with Crippen molar-refractivity contribution in [1.29, 1.82) is 0 Å². The molecule has 0 bridgehead atoms. The summed E-state index contributed by atoms with van der Waals surface area (Å²) in [6, 6.07) is 17.2. The average Bonchev–Trinajstić information content (AvgIpc) is 2.82. The van der Waals surface area contributed by atoms with E-state index in [9.17, 15) is 9.59 Å². The molecule has 2 amide bonds. The molecule has 1 atom stereocenters. The smallest absolute Gasteiger partial charge is 0.241 e. The molecule has 0 spiro atoms. The Morgan fingerprint density at radius 1 is 0.913 bits per heavy atom. The molecule has 3 heteroatoms. The number of imide groups is 1. The Labute approximate surface area is 136 Å². The number of nitrogens with zero attached hydrogens (tertiary/aromatic N) is 1. The number of anilines is 1. The summed E-state index contributed by atoms with van der Waals surface area (Å²) in [5.74, 6) is -0.629. The number of rotatable bonds is 2. The van der Waals surface area contributed by atoms with Gasteiger partial charge in [-0.2, -0.15) is 0 Å². The van der Waals surface area contributed by atoms with Crippen LogP contribution in [0.25, 0.3) is 0 Å². The second kappa shape index (κ2) is 5.65. The predicted octanol–water partition coefficient (Wildman–Crippen LogP) is 4.03. The van der Waals surface area contributed by atoms with Crippen LogP contribution < -0.4 is 4.90 Å². The first kappa shape index (κ1) is 15.5. The van der Waals surface area contributed by atoms with Gasteiger partial charge in [0.1, 0.15) is 0 Å². The molecule has 1 saturated heterocycles. The summed E-state index contributed by atoms with van der Waals surface area (Å²) in [5.41, 5.74) is 2.49. The minimum atomic E-state index is -0.378. The van der Waals surface area contributed by atoms with Crippen LogP contribution in [0.1, 0.15) is 44.2 Å². The molecule has 1 aliphatic rings. The van der Waals surface area contributed by atoms with Crippen LogP contribution >= 0.6 is 0 Å². The van der Waals surface area contributed by atoms with Crippen molar-refractivity contribution in [3.05, 3.63) is 65.7 Å². The topological polar surface area (TPSA) is 37.4 Å². The average molecular weight is 307 g/mol. The van der Waals surface area contributed by atoms with Gasteiger partial charge >= 0.3 is 0 Å². The number of benzene rings is 2. The first-order valence-corrected chi connectivity index (χ1v) is 7.91. The van der Waals surface area contributed by atoms with Crippen LogP contribution in [0.15, 0.2) is 54.6 Å². The van der Waals surface area contributed by atoms with E-state index >= 15 is 0 Å². The summed E-state index contributed by atoms with van der Waals surface area (Å²) >= 11 is 0. The molecule has 0 unspecified atom stereocenters. The van der Waals surface area contributed by atoms with Crippen LogP contribution in [0.3, 0.4) is 0 Å². The van der Waals surface area contributed by atoms with Gasteiger partial charge in [-0.05, 0) is 22.6 Å². The Bertz CT molecular complexity index is 744. The van der Waals surface area contributed by atoms with Gasteiger partial charge in [0, 0.05) is 6.42 Å². The van der Waals surface area contributed by atoms with Crippen molar-refractivity contribution in [2.45, 2.75) is 38.5 Å². The zero-order chi connectivity index (χ0) is 16.6. The molecule has 23 heavy (non-hydrogen) atoms. The molecule has 2 aromatic carbocycles. The molecule has 1 aliphatic heterocycles. The number of hydrogen-bond acceptors (Lipinski definition) is 2. The molecule has 118 valence electrons. The molecule has 0 aromatic heterocycles. The third kappa shape index (κ3) is 2.79. The second-order valence-corrected chi connectivity index (χ2v) is 7.00. The maximum atomic E-state index is 12.9. The highest BCUT2D eigenvalue weighted by molar-refractivity contribution is 6.23. The van der Waals surface area contributed by atoms with E-state index in [2.05, 4.69) is 20.8 Å². The van der Waals surface area contributed by atoms with Crippen molar-refractivity contribution < 1.29 is 9.59 Å². The Hall–Kier alpha value is -2.42. The highest BCUT2D eigenvalue weighted by atomic mass is 16.2. The van der Waals surface area contributed by atoms with Gasteiger partial charge in [-0.15, -0.1) is 0 Å². The van der Waals surface area contributed by atoms with Gasteiger partial charge < -0.3 is 0 Å². The van der Waals surface area contributed by atoms with Crippen molar-refractivity contribution in [2.75, 3.05) is 4.90 Å². The van der Waals surface area contributed by atoms with Crippen LogP contribution in [0.2, 0.25) is 0 Å². The quantitative estimate of drug-likeness (QED) is 0.786. The van der Waals surface area contributed by atoms with E-state index in [-0.39, 0.29) is 29.6 Å². The predicted molar refractivity (Wildman–Crippen MR) is 91.4 cm³/mol. The standard InChI is InChI=1S/C20H21NO2/c1-20(2,3)16-11-7-8-12-17(16)21-18(22)13-15(19(21)23)14-9-5-4-6-10-14/h4-12,15H,13H2,1-3H3/t15-/m0/s1. The molecule has 1 fully saturated rings. The Balaban J connectivity index is 2.02. The number of amides is 2. The highest BCUT2D eigenvalue weighted by Crippen LogP contribution is 2.38. The number of hydrogen-bond donors (Lipinski definition) is 0. The molecule has 0 N–H and O–H groups in total. The summed E-state index contributed by atoms with van der Waals surface area (Å²) < 4.78 is 0. The van der Waals surface area contributed by atoms with E-state index in [1.54, 1.807) is 0 Å². The third-order valence-electron chi connectivity index (χ3n) is 4.30. The second-order valence-electron chi connectivity index (χ2n) is 7.00. The van der Waals surface area contributed by atoms with E-state index in [4.69, 9.17) is 0 Å². The molecule has 0 radical (unpaired) electrons. The lowest BCUT2D eigenvalue weighted by molar-refractivity contribution is -0.121. The first-order valence-electron chi connectivity index (χ1n) is 7.91. The molecule has 2 aromatic rings. The summed E-state index contributed by atoms with van der Waals surface area (Å²) in [6.07, 6.45) is 0.237. The van der Waals surface area contributed by atoms with Gasteiger partial charge in [0.25, 0.3) is 0 Å². The van der Waals surface area contributed by atoms with Crippen molar-refractivity contribution >= 4 is 17.5 Å². The zero-order valence-corrected chi connectivity index (χ0v) is 13.7. The number of para-hydroxylation sites is 1. The van der Waals surface area contributed by atoms with Crippen LogP contribution in [-0.4, -0.2) is 11.8 Å². The Kier molecular flexibility index (Phi) is 3.80. The lowest BCUT2D eigenvalue weighted by Gasteiger charge is -2.26. The highest BCUT2D eigenvalue weighted by Gasteiger charge is 2.41. The van der Waals surface area contributed by atoms with Gasteiger partial charge in [0.05, 0.1) is 11.6 Å². The van der Waals surface area contributed by atoms with Gasteiger partial charge in [-0.25, -0.2) is 4.90 Å². The van der Waals surface area contributed by atoms with Gasteiger partial charge in [-0.1, -0.05) is 69.3 Å². The Morgan fingerprint density at radius 3 is 2.17 bits per heavy atom. The normalized spacial score (nSPS) is 18.6. The Morgan fingerprint density at radius 2 is 1.52 bits per heavy atom. The van der Waals surface area contributed by atoms with Crippen molar-refractivity contribution in [1.82, 2.24) is 0 Å². The lowest BCUT2D eigenvalue weighted by Crippen LogP contribution is -2.32. The van der Waals surface area contributed by atoms with Gasteiger partial charge in [0.2, 0.25) is 11.8 Å². The van der Waals surface area contributed by atoms with E-state index in [0.29, 0.717) is 5.69 Å². The summed E-state index contributed by atoms with van der Waals surface area (Å²) in [5, 5.41) is 0. The molecule has 3 rings (SSSR count). The molecule has 3 nitrogen and oxygen atoms in total. The summed E-state index contributed by atoms with van der Waals surface area (Å²) in [4.78, 5) is 26.8. The number of carbonyl (C=O) groups excluding carboxylic acids is 2. The first-order chi connectivity index (χ1) is 10.9. The van der Waals surface area contributed by atoms with E-state index in [1.807, 2.05) is 54.6 Å². The van der Waals surface area contributed by atoms with E-state index in [0.717, 1.165) is 11.1 Å². The SMILES string of the molecule is CC(C)(C)c1ccccc1N1C(=O)C[C@@H](c2ccccc2)C1=O. The van der Waals surface area contributed by atoms with Gasteiger partial charge in [0.15, 0.2) is 0 Å². The minimum Gasteiger partial charge on any atom is -0.274 e. The van der Waals surface area contributed by atoms with Crippen LogP contribution in [0, 0.1) is 0 Å². The molecule has 0 saturated carbocycles. The molecular formula is C20H21NO2. The maximum Gasteiger partial charge on any atom is 0.241 e. The van der Waals surface area contributed by atoms with Crippen molar-refractivity contribution in [2.24, 2.45) is 0 Å². The zero-order valence-electron chi connectivity index (χ0n) is 13.7. The fraction of sp³-hybridized carbons (Fsp3) is 0.300. The number of carbonyl (C=O) groups is 2. The third-order valence-corrected chi connectivity index (χ3v) is 4.30. The van der Waals surface area contributed by atoms with E-state index < -0.39 is 0 Å². The van der Waals surface area contributed by atoms with Crippen LogP contribution in [-0.2, 0) is 15.0 Å².